The van der Waals surface area contributed by atoms with Crippen molar-refractivity contribution in [3.8, 4) is 0 Å². The van der Waals surface area contributed by atoms with Crippen LogP contribution in [0, 0.1) is 2.88 Å². The van der Waals surface area contributed by atoms with Crippen molar-refractivity contribution in [3.05, 3.63) is 20.7 Å². The molecule has 2 N–H and O–H groups in total. The number of nitrogens with one attached hydrogen (secondary N) is 1. The number of carboxylic acid groups (broad SMARTS) is 1. The minimum Gasteiger partial charge on any atom is -0.477 e. The van der Waals surface area contributed by atoms with E-state index in [4.69, 9.17) is 5.11 Å². The standard InChI is InChI=1S/C7H4INO2S/c8-6-2-3-5(12-6)1-4(9-3)7(10)11/h1-2,9H,(H,10,11). The second-order valence-electron chi connectivity index (χ2n) is 2.32. The first-order valence-corrected chi connectivity index (χ1v) is 5.07. The quantitative estimate of drug-likeness (QED) is 0.794. The Balaban J connectivity index is 2.64. The number of H-pyrrole nitrogens is 1. The SMILES string of the molecule is O=C(O)c1cc2sc(I)cc2[nH]1. The summed E-state index contributed by atoms with van der Waals surface area (Å²) >= 11 is 3.79. The molecule has 2 aromatic rings. The molecule has 0 aromatic carbocycles. The lowest BCUT2D eigenvalue weighted by Crippen LogP contribution is -1.94. The van der Waals surface area contributed by atoms with Crippen molar-refractivity contribution in [1.29, 1.82) is 0 Å². The molecule has 12 heavy (non-hydrogen) atoms. The molecule has 2 aromatic heterocycles. The topological polar surface area (TPSA) is 53.1 Å². The first kappa shape index (κ1) is 8.06. The summed E-state index contributed by atoms with van der Waals surface area (Å²) in [6, 6.07) is 3.59. The van der Waals surface area contributed by atoms with Gasteiger partial charge in [-0.2, -0.15) is 0 Å². The van der Waals surface area contributed by atoms with Crippen LogP contribution in [0.2, 0.25) is 0 Å². The van der Waals surface area contributed by atoms with Gasteiger partial charge in [0, 0.05) is 0 Å². The molecular formula is C7H4INO2S. The molecule has 0 unspecified atom stereocenters. The molecule has 62 valence electrons. The fourth-order valence-electron chi connectivity index (χ4n) is 1.01. The molecule has 2 rings (SSSR count). The van der Waals surface area contributed by atoms with Crippen LogP contribution in [0.15, 0.2) is 12.1 Å². The van der Waals surface area contributed by atoms with Gasteiger partial charge in [0.15, 0.2) is 0 Å². The lowest BCUT2D eigenvalue weighted by Gasteiger charge is -1.83. The Hall–Kier alpha value is -0.560. The first-order chi connectivity index (χ1) is 5.66. The number of hydrogen-bond acceptors (Lipinski definition) is 2. The molecular weight excluding hydrogens is 289 g/mol. The van der Waals surface area contributed by atoms with Gasteiger partial charge in [-0.3, -0.25) is 0 Å². The predicted molar refractivity (Wildman–Crippen MR) is 55.9 cm³/mol. The Labute approximate surface area is 85.5 Å². The lowest BCUT2D eigenvalue weighted by molar-refractivity contribution is 0.0691. The van der Waals surface area contributed by atoms with Crippen molar-refractivity contribution in [2.24, 2.45) is 0 Å². The minimum absolute atomic E-state index is 0.257. The molecule has 0 fully saturated rings. The number of rotatable bonds is 1. The van der Waals surface area contributed by atoms with E-state index in [1.54, 1.807) is 17.4 Å². The van der Waals surface area contributed by atoms with Crippen LogP contribution in [0.5, 0.6) is 0 Å². The smallest absolute Gasteiger partial charge is 0.352 e. The van der Waals surface area contributed by atoms with Crippen molar-refractivity contribution in [1.82, 2.24) is 4.98 Å². The van der Waals surface area contributed by atoms with Gasteiger partial charge >= 0.3 is 5.97 Å². The van der Waals surface area contributed by atoms with Crippen molar-refractivity contribution in [2.45, 2.75) is 0 Å². The minimum atomic E-state index is -0.909. The second-order valence-corrected chi connectivity index (χ2v) is 5.29. The summed E-state index contributed by atoms with van der Waals surface area (Å²) in [6.07, 6.45) is 0. The Kier molecular flexibility index (Phi) is 1.84. The van der Waals surface area contributed by atoms with Crippen LogP contribution in [0.3, 0.4) is 0 Å². The van der Waals surface area contributed by atoms with Gasteiger partial charge < -0.3 is 10.1 Å². The molecule has 0 amide bonds. The summed E-state index contributed by atoms with van der Waals surface area (Å²) in [5.41, 5.74) is 1.16. The van der Waals surface area contributed by atoms with Crippen LogP contribution >= 0.6 is 33.9 Å². The van der Waals surface area contributed by atoms with Crippen LogP contribution in [-0.2, 0) is 0 Å². The number of halogens is 1. The monoisotopic (exact) mass is 293 g/mol. The Bertz CT molecular complexity index is 414. The van der Waals surface area contributed by atoms with Crippen LogP contribution in [0.25, 0.3) is 10.2 Å². The number of aromatic amines is 1. The number of thiophene rings is 1. The maximum Gasteiger partial charge on any atom is 0.352 e. The largest absolute Gasteiger partial charge is 0.477 e. The Morgan fingerprint density at radius 2 is 2.33 bits per heavy atom. The van der Waals surface area contributed by atoms with Crippen LogP contribution in [0.4, 0.5) is 0 Å². The number of aromatic nitrogens is 1. The summed E-state index contributed by atoms with van der Waals surface area (Å²) in [4.78, 5) is 13.3. The fourth-order valence-corrected chi connectivity index (χ4v) is 2.81. The molecule has 0 atom stereocenters. The van der Waals surface area contributed by atoms with E-state index in [2.05, 4.69) is 27.6 Å². The van der Waals surface area contributed by atoms with Crippen molar-refractivity contribution in [3.63, 3.8) is 0 Å². The van der Waals surface area contributed by atoms with E-state index in [0.29, 0.717) is 0 Å². The van der Waals surface area contributed by atoms with Gasteiger partial charge in [-0.25, -0.2) is 4.79 Å². The average molecular weight is 293 g/mol. The third-order valence-corrected chi connectivity index (χ3v) is 3.35. The molecule has 0 bridgehead atoms. The molecule has 0 saturated carbocycles. The first-order valence-electron chi connectivity index (χ1n) is 3.18. The maximum absolute atomic E-state index is 10.5. The number of carbonyl (C=O) groups is 1. The zero-order valence-corrected chi connectivity index (χ0v) is 8.77. The van der Waals surface area contributed by atoms with E-state index in [1.807, 2.05) is 6.07 Å². The van der Waals surface area contributed by atoms with Crippen molar-refractivity contribution >= 4 is 50.1 Å². The summed E-state index contributed by atoms with van der Waals surface area (Å²) in [5.74, 6) is -0.909. The number of hydrogen-bond donors (Lipinski definition) is 2. The molecule has 0 spiro atoms. The van der Waals surface area contributed by atoms with Gasteiger partial charge in [0.05, 0.1) is 13.1 Å². The summed E-state index contributed by atoms with van der Waals surface area (Å²) < 4.78 is 2.16. The maximum atomic E-state index is 10.5. The summed E-state index contributed by atoms with van der Waals surface area (Å²) in [6.45, 7) is 0. The summed E-state index contributed by atoms with van der Waals surface area (Å²) in [5, 5.41) is 8.65. The lowest BCUT2D eigenvalue weighted by atomic mass is 10.4. The average Bonchev–Trinajstić information content (AvgIpc) is 2.42. The van der Waals surface area contributed by atoms with E-state index in [1.165, 1.54) is 0 Å². The zero-order valence-electron chi connectivity index (χ0n) is 5.80. The molecule has 0 aliphatic rings. The highest BCUT2D eigenvalue weighted by Gasteiger charge is 2.08. The van der Waals surface area contributed by atoms with E-state index in [-0.39, 0.29) is 5.69 Å². The fraction of sp³-hybridized carbons (Fsp3) is 0. The zero-order chi connectivity index (χ0) is 8.72. The highest BCUT2D eigenvalue weighted by Crippen LogP contribution is 2.26. The van der Waals surface area contributed by atoms with Crippen molar-refractivity contribution < 1.29 is 9.90 Å². The van der Waals surface area contributed by atoms with Gasteiger partial charge in [0.25, 0.3) is 0 Å². The third kappa shape index (κ3) is 1.22. The highest BCUT2D eigenvalue weighted by molar-refractivity contribution is 14.1. The van der Waals surface area contributed by atoms with E-state index < -0.39 is 5.97 Å². The highest BCUT2D eigenvalue weighted by atomic mass is 127. The van der Waals surface area contributed by atoms with E-state index in [0.717, 1.165) is 13.1 Å². The van der Waals surface area contributed by atoms with Gasteiger partial charge in [-0.1, -0.05) is 0 Å². The molecule has 0 aliphatic heterocycles. The number of aromatic carboxylic acids is 1. The van der Waals surface area contributed by atoms with Gasteiger partial charge in [-0.05, 0) is 34.7 Å². The van der Waals surface area contributed by atoms with Crippen LogP contribution in [-0.4, -0.2) is 16.1 Å². The molecule has 0 saturated heterocycles. The van der Waals surface area contributed by atoms with Crippen LogP contribution in [0.1, 0.15) is 10.5 Å². The van der Waals surface area contributed by atoms with Gasteiger partial charge in [-0.15, -0.1) is 11.3 Å². The van der Waals surface area contributed by atoms with Crippen molar-refractivity contribution in [2.75, 3.05) is 0 Å². The van der Waals surface area contributed by atoms with Gasteiger partial charge in [0.1, 0.15) is 5.69 Å². The molecule has 0 radical (unpaired) electrons. The molecule has 0 aliphatic carbocycles. The van der Waals surface area contributed by atoms with E-state index >= 15 is 0 Å². The van der Waals surface area contributed by atoms with Crippen LogP contribution < -0.4 is 0 Å². The molecule has 2 heterocycles. The Morgan fingerprint density at radius 3 is 2.92 bits per heavy atom. The van der Waals surface area contributed by atoms with Gasteiger partial charge in [0.2, 0.25) is 0 Å². The van der Waals surface area contributed by atoms with E-state index in [9.17, 15) is 4.79 Å². The molecule has 5 heteroatoms. The Morgan fingerprint density at radius 1 is 1.58 bits per heavy atom. The number of carboxylic acids is 1. The third-order valence-electron chi connectivity index (χ3n) is 1.51. The molecule has 3 nitrogen and oxygen atoms in total. The predicted octanol–water partition coefficient (Wildman–Crippen LogP) is 2.53. The second kappa shape index (κ2) is 2.74. The normalized spacial score (nSPS) is 10.8. The summed E-state index contributed by atoms with van der Waals surface area (Å²) in [7, 11) is 0. The number of fused-ring (bicyclic) bond motifs is 1.